The third-order valence-corrected chi connectivity index (χ3v) is 12.3. The Morgan fingerprint density at radius 3 is 2.38 bits per heavy atom. The number of aliphatic hydroxyl groups excluding tert-OH is 5. The van der Waals surface area contributed by atoms with E-state index >= 15 is 0 Å². The Bertz CT molecular complexity index is 941. The molecule has 0 heterocycles. The van der Waals surface area contributed by atoms with Crippen LogP contribution in [-0.4, -0.2) is 75.3 Å². The molecule has 0 aromatic heterocycles. The van der Waals surface area contributed by atoms with Crippen molar-refractivity contribution < 1.29 is 35.1 Å². The summed E-state index contributed by atoms with van der Waals surface area (Å²) in [7, 11) is 0. The van der Waals surface area contributed by atoms with Gasteiger partial charge in [0.05, 0.1) is 12.7 Å². The van der Waals surface area contributed by atoms with Gasteiger partial charge >= 0.3 is 6.09 Å². The minimum absolute atomic E-state index is 0.158. The highest BCUT2D eigenvalue weighted by Crippen LogP contribution is 2.67. The number of nitrogens with one attached hydrogen (secondary N) is 1. The molecular formula is C34H59NO7. The molecule has 3 fully saturated rings. The molecule has 4 rings (SSSR count). The zero-order valence-electron chi connectivity index (χ0n) is 26.7. The highest BCUT2D eigenvalue weighted by molar-refractivity contribution is 5.67. The van der Waals surface area contributed by atoms with Crippen LogP contribution < -0.4 is 5.32 Å². The molecule has 0 aromatic carbocycles. The van der Waals surface area contributed by atoms with Gasteiger partial charge in [0.25, 0.3) is 0 Å². The summed E-state index contributed by atoms with van der Waals surface area (Å²) in [5, 5.41) is 50.7. The van der Waals surface area contributed by atoms with Gasteiger partial charge in [-0.15, -0.1) is 0 Å². The van der Waals surface area contributed by atoms with Crippen molar-refractivity contribution in [1.29, 1.82) is 0 Å². The van der Waals surface area contributed by atoms with E-state index in [0.717, 1.165) is 55.3 Å². The summed E-state index contributed by atoms with van der Waals surface area (Å²) in [6.45, 7) is 11.2. The van der Waals surface area contributed by atoms with Crippen LogP contribution in [0.15, 0.2) is 11.6 Å². The molecule has 0 spiro atoms. The van der Waals surface area contributed by atoms with Crippen LogP contribution in [0.3, 0.4) is 0 Å². The lowest BCUT2D eigenvalue weighted by Gasteiger charge is -2.58. The monoisotopic (exact) mass is 593 g/mol. The Balaban J connectivity index is 1.31. The van der Waals surface area contributed by atoms with E-state index in [1.54, 1.807) is 0 Å². The first-order valence-corrected chi connectivity index (χ1v) is 16.8. The largest absolute Gasteiger partial charge is 0.446 e. The van der Waals surface area contributed by atoms with Crippen molar-refractivity contribution in [2.45, 2.75) is 136 Å². The molecule has 0 unspecified atom stereocenters. The zero-order valence-corrected chi connectivity index (χ0v) is 26.7. The number of hydrogen-bond donors (Lipinski definition) is 6. The molecule has 3 saturated carbocycles. The number of rotatable bonds is 12. The summed E-state index contributed by atoms with van der Waals surface area (Å²) >= 11 is 0. The number of carbonyl (C=O) groups is 1. The van der Waals surface area contributed by atoms with E-state index < -0.39 is 37.1 Å². The fraction of sp³-hybridized carbons (Fsp3) is 0.912. The van der Waals surface area contributed by atoms with Crippen molar-refractivity contribution >= 4 is 6.09 Å². The molecule has 8 nitrogen and oxygen atoms in total. The predicted octanol–water partition coefficient (Wildman–Crippen LogP) is 4.56. The van der Waals surface area contributed by atoms with Crippen LogP contribution in [0.2, 0.25) is 0 Å². The highest BCUT2D eigenvalue weighted by atomic mass is 16.6. The van der Waals surface area contributed by atoms with Gasteiger partial charge in [-0.3, -0.25) is 0 Å². The first-order valence-electron chi connectivity index (χ1n) is 16.8. The van der Waals surface area contributed by atoms with E-state index in [-0.39, 0.29) is 18.1 Å². The van der Waals surface area contributed by atoms with Gasteiger partial charge in [-0.05, 0) is 91.3 Å². The van der Waals surface area contributed by atoms with E-state index in [4.69, 9.17) is 9.84 Å². The number of alkyl carbamates (subject to hydrolysis) is 1. The van der Waals surface area contributed by atoms with E-state index in [1.165, 1.54) is 50.5 Å². The summed E-state index contributed by atoms with van der Waals surface area (Å²) in [4.78, 5) is 12.5. The van der Waals surface area contributed by atoms with Crippen LogP contribution in [0.5, 0.6) is 0 Å². The molecule has 0 radical (unpaired) electrons. The topological polar surface area (TPSA) is 139 Å². The maximum Gasteiger partial charge on any atom is 0.407 e. The summed E-state index contributed by atoms with van der Waals surface area (Å²) in [6.07, 6.45) is 8.14. The number of allylic oxidation sites excluding steroid dienone is 1. The van der Waals surface area contributed by atoms with Crippen LogP contribution in [0, 0.1) is 46.3 Å². The number of aliphatic hydroxyl groups is 5. The first-order chi connectivity index (χ1) is 19.8. The van der Waals surface area contributed by atoms with Gasteiger partial charge in [0.2, 0.25) is 0 Å². The van der Waals surface area contributed by atoms with Gasteiger partial charge in [-0.1, -0.05) is 65.5 Å². The van der Waals surface area contributed by atoms with Crippen molar-refractivity contribution in [2.75, 3.05) is 13.2 Å². The van der Waals surface area contributed by atoms with Gasteiger partial charge in [-0.2, -0.15) is 0 Å². The third kappa shape index (κ3) is 6.88. The number of hydrogen-bond acceptors (Lipinski definition) is 7. The smallest absolute Gasteiger partial charge is 0.407 e. The van der Waals surface area contributed by atoms with Gasteiger partial charge in [-0.25, -0.2) is 4.79 Å². The Morgan fingerprint density at radius 1 is 0.976 bits per heavy atom. The SMILES string of the molecule is CC(C)CCC[C@H](C)[C@@H]1CC[C@@H]2[C@H]3CC=C4C[C@H](OC(=O)NC[C@H](O)[C@H](O)[C@@H](O)[C@H](O)CO)CC[C@]4(C)[C@@H]3CC[C@@]21C. The number of ether oxygens (including phenoxy) is 1. The maximum absolute atomic E-state index is 12.5. The summed E-state index contributed by atoms with van der Waals surface area (Å²) in [6, 6.07) is 0. The summed E-state index contributed by atoms with van der Waals surface area (Å²) in [5.41, 5.74) is 2.05. The van der Waals surface area contributed by atoms with E-state index in [2.05, 4.69) is 46.0 Å². The van der Waals surface area contributed by atoms with Crippen molar-refractivity contribution in [1.82, 2.24) is 5.32 Å². The highest BCUT2D eigenvalue weighted by Gasteiger charge is 2.59. The predicted molar refractivity (Wildman–Crippen MR) is 162 cm³/mol. The van der Waals surface area contributed by atoms with Gasteiger partial charge in [0.1, 0.15) is 24.4 Å². The molecular weight excluding hydrogens is 534 g/mol. The molecule has 0 saturated heterocycles. The van der Waals surface area contributed by atoms with E-state index in [1.807, 2.05) is 0 Å². The lowest BCUT2D eigenvalue weighted by molar-refractivity contribution is -0.113. The molecule has 0 aliphatic heterocycles. The van der Waals surface area contributed by atoms with Crippen molar-refractivity contribution in [2.24, 2.45) is 46.3 Å². The average Bonchev–Trinajstić information content (AvgIpc) is 3.31. The first kappa shape index (κ1) is 33.7. The molecule has 0 bridgehead atoms. The number of carbonyl (C=O) groups excluding carboxylic acids is 1. The molecule has 1 amide bonds. The molecule has 4 aliphatic rings. The molecule has 6 N–H and O–H groups in total. The fourth-order valence-electron chi connectivity index (χ4n) is 9.82. The quantitative estimate of drug-likeness (QED) is 0.182. The lowest BCUT2D eigenvalue weighted by Crippen LogP contribution is -2.51. The summed E-state index contributed by atoms with van der Waals surface area (Å²) < 4.78 is 5.72. The second-order valence-electron chi connectivity index (χ2n) is 15.2. The van der Waals surface area contributed by atoms with Crippen LogP contribution in [-0.2, 0) is 4.74 Å². The van der Waals surface area contributed by atoms with Crippen molar-refractivity contribution in [3.05, 3.63) is 11.6 Å². The van der Waals surface area contributed by atoms with E-state index in [0.29, 0.717) is 11.3 Å². The van der Waals surface area contributed by atoms with Crippen LogP contribution in [0.1, 0.15) is 105 Å². The van der Waals surface area contributed by atoms with Crippen molar-refractivity contribution in [3.63, 3.8) is 0 Å². The summed E-state index contributed by atoms with van der Waals surface area (Å²) in [5.74, 6) is 4.69. The fourth-order valence-corrected chi connectivity index (χ4v) is 9.82. The third-order valence-electron chi connectivity index (χ3n) is 12.3. The Hall–Kier alpha value is -1.19. The Kier molecular flexibility index (Phi) is 11.1. The number of fused-ring (bicyclic) bond motifs is 5. The van der Waals surface area contributed by atoms with Gasteiger partial charge in [0, 0.05) is 13.0 Å². The normalized spacial score (nSPS) is 37.9. The standard InChI is InChI=1S/C34H59NO7/c1-20(2)7-6-8-21(3)25-11-12-26-24-10-9-22-17-23(13-15-33(22,4)27(24)14-16-34(25,26)5)42-32(41)35-18-28(37)30(39)31(40)29(38)19-36/h9,20-21,23-31,36-40H,6-8,10-19H2,1-5H3,(H,35,41)/t21-,23+,24+,25-,26+,27+,28-,29+,30-,31-,33-,34+/m0/s1. The number of amides is 1. The molecule has 0 aromatic rings. The second-order valence-corrected chi connectivity index (χ2v) is 15.2. The molecule has 12 atom stereocenters. The van der Waals surface area contributed by atoms with Gasteiger partial charge < -0.3 is 35.6 Å². The lowest BCUT2D eigenvalue weighted by atomic mass is 9.47. The molecule has 42 heavy (non-hydrogen) atoms. The van der Waals surface area contributed by atoms with Crippen LogP contribution >= 0.6 is 0 Å². The minimum atomic E-state index is -1.73. The average molecular weight is 594 g/mol. The molecule has 8 heteroatoms. The van der Waals surface area contributed by atoms with Crippen LogP contribution in [0.25, 0.3) is 0 Å². The Morgan fingerprint density at radius 2 is 1.69 bits per heavy atom. The maximum atomic E-state index is 12.5. The minimum Gasteiger partial charge on any atom is -0.446 e. The second kappa shape index (κ2) is 13.8. The van der Waals surface area contributed by atoms with Crippen molar-refractivity contribution in [3.8, 4) is 0 Å². The van der Waals surface area contributed by atoms with Crippen LogP contribution in [0.4, 0.5) is 4.79 Å². The van der Waals surface area contributed by atoms with E-state index in [9.17, 15) is 25.2 Å². The van der Waals surface area contributed by atoms with Gasteiger partial charge in [0.15, 0.2) is 0 Å². The molecule has 4 aliphatic carbocycles. The zero-order chi connectivity index (χ0) is 30.8. The molecule has 242 valence electrons. The Labute approximate surface area is 253 Å².